The van der Waals surface area contributed by atoms with Crippen molar-refractivity contribution in [3.05, 3.63) is 40.7 Å². The molecular formula is C16H19NS2. The predicted octanol–water partition coefficient (Wildman–Crippen LogP) is 5.20. The Hall–Kier alpha value is -0.800. The first kappa shape index (κ1) is 13.2. The van der Waals surface area contributed by atoms with E-state index in [0.29, 0.717) is 10.7 Å². The maximum atomic E-state index is 4.88. The summed E-state index contributed by atoms with van der Waals surface area (Å²) in [6.45, 7) is 4.71. The lowest BCUT2D eigenvalue weighted by Crippen LogP contribution is -2.24. The van der Waals surface area contributed by atoms with Gasteiger partial charge in [0.25, 0.3) is 0 Å². The third-order valence-corrected chi connectivity index (χ3v) is 6.03. The molecule has 2 aromatic rings. The van der Waals surface area contributed by atoms with Gasteiger partial charge in [0.15, 0.2) is 0 Å². The van der Waals surface area contributed by atoms with Crippen LogP contribution in [-0.2, 0) is 0 Å². The van der Waals surface area contributed by atoms with Crippen molar-refractivity contribution in [3.8, 4) is 11.3 Å². The molecule has 100 valence electrons. The van der Waals surface area contributed by atoms with E-state index in [1.807, 2.05) is 11.3 Å². The fraction of sp³-hybridized carbons (Fsp3) is 0.438. The zero-order chi connectivity index (χ0) is 13.3. The first-order chi connectivity index (χ1) is 9.14. The summed E-state index contributed by atoms with van der Waals surface area (Å²) < 4.78 is 0.404. The van der Waals surface area contributed by atoms with Gasteiger partial charge in [0, 0.05) is 21.6 Å². The average Bonchev–Trinajstić information content (AvgIpc) is 2.88. The van der Waals surface area contributed by atoms with Gasteiger partial charge < -0.3 is 0 Å². The molecule has 3 rings (SSSR count). The lowest BCUT2D eigenvalue weighted by atomic mass is 9.94. The number of thioether (sulfide) groups is 1. The second kappa shape index (κ2) is 5.29. The lowest BCUT2D eigenvalue weighted by Gasteiger charge is -2.33. The average molecular weight is 289 g/mol. The summed E-state index contributed by atoms with van der Waals surface area (Å²) in [5.41, 5.74) is 2.37. The highest BCUT2D eigenvalue weighted by molar-refractivity contribution is 8.00. The molecule has 3 heteroatoms. The summed E-state index contributed by atoms with van der Waals surface area (Å²) in [4.78, 5) is 4.88. The van der Waals surface area contributed by atoms with Gasteiger partial charge in [-0.2, -0.15) is 11.8 Å². The van der Waals surface area contributed by atoms with Gasteiger partial charge in [0.2, 0.25) is 0 Å². The normalized spacial score (nSPS) is 22.3. The van der Waals surface area contributed by atoms with Crippen LogP contribution in [0.5, 0.6) is 0 Å². The van der Waals surface area contributed by atoms with Crippen LogP contribution in [0.2, 0.25) is 0 Å². The molecule has 0 radical (unpaired) electrons. The first-order valence-corrected chi connectivity index (χ1v) is 8.65. The van der Waals surface area contributed by atoms with Crippen molar-refractivity contribution < 1.29 is 0 Å². The van der Waals surface area contributed by atoms with Crippen molar-refractivity contribution in [3.63, 3.8) is 0 Å². The molecule has 2 heterocycles. The molecule has 0 N–H and O–H groups in total. The molecule has 19 heavy (non-hydrogen) atoms. The molecule has 1 fully saturated rings. The van der Waals surface area contributed by atoms with E-state index in [-0.39, 0.29) is 0 Å². The molecule has 0 spiro atoms. The quantitative estimate of drug-likeness (QED) is 0.753. The van der Waals surface area contributed by atoms with Crippen LogP contribution in [0.25, 0.3) is 11.3 Å². The second-order valence-corrected chi connectivity index (χ2v) is 8.43. The smallest absolute Gasteiger partial charge is 0.0964 e. The van der Waals surface area contributed by atoms with Crippen LogP contribution in [0.3, 0.4) is 0 Å². The summed E-state index contributed by atoms with van der Waals surface area (Å²) in [6.07, 6.45) is 2.52. The van der Waals surface area contributed by atoms with Crippen LogP contribution < -0.4 is 0 Å². The Kier molecular flexibility index (Phi) is 3.68. The molecule has 1 atom stereocenters. The van der Waals surface area contributed by atoms with Gasteiger partial charge in [-0.05, 0) is 18.6 Å². The van der Waals surface area contributed by atoms with Gasteiger partial charge in [-0.3, -0.25) is 0 Å². The minimum atomic E-state index is 0.404. The zero-order valence-corrected chi connectivity index (χ0v) is 13.1. The van der Waals surface area contributed by atoms with Gasteiger partial charge >= 0.3 is 0 Å². The van der Waals surface area contributed by atoms with Crippen LogP contribution in [-0.4, -0.2) is 15.5 Å². The standard InChI is InChI=1S/C16H19NS2/c1-16(2)10-13(8-9-19-16)15-17-14(11-18-15)12-6-4-3-5-7-12/h3-7,11,13H,8-10H2,1-2H3/t13-/m0/s1. The van der Waals surface area contributed by atoms with Gasteiger partial charge in [-0.1, -0.05) is 44.2 Å². The van der Waals surface area contributed by atoms with E-state index in [1.54, 1.807) is 0 Å². The molecule has 0 unspecified atom stereocenters. The number of nitrogens with zero attached hydrogens (tertiary/aromatic N) is 1. The Labute approximate surface area is 123 Å². The summed E-state index contributed by atoms with van der Waals surface area (Å²) in [7, 11) is 0. The molecule has 1 aliphatic rings. The van der Waals surface area contributed by atoms with E-state index in [2.05, 4.69) is 61.3 Å². The minimum Gasteiger partial charge on any atom is -0.241 e. The maximum Gasteiger partial charge on any atom is 0.0964 e. The molecule has 0 amide bonds. The molecule has 0 bridgehead atoms. The van der Waals surface area contributed by atoms with Gasteiger partial charge in [-0.25, -0.2) is 4.98 Å². The Morgan fingerprint density at radius 1 is 1.21 bits per heavy atom. The molecular weight excluding hydrogens is 270 g/mol. The largest absolute Gasteiger partial charge is 0.241 e. The summed E-state index contributed by atoms with van der Waals surface area (Å²) in [6, 6.07) is 10.5. The highest BCUT2D eigenvalue weighted by Gasteiger charge is 2.30. The van der Waals surface area contributed by atoms with Gasteiger partial charge in [0.05, 0.1) is 10.7 Å². The van der Waals surface area contributed by atoms with E-state index in [0.717, 1.165) is 5.69 Å². The van der Waals surface area contributed by atoms with Crippen LogP contribution in [0.15, 0.2) is 35.7 Å². The fourth-order valence-electron chi connectivity index (χ4n) is 2.66. The molecule has 0 saturated carbocycles. The monoisotopic (exact) mass is 289 g/mol. The Bertz CT molecular complexity index is 545. The van der Waals surface area contributed by atoms with Crippen LogP contribution in [0.1, 0.15) is 37.6 Å². The van der Waals surface area contributed by atoms with E-state index in [4.69, 9.17) is 4.98 Å². The number of benzene rings is 1. The van der Waals surface area contributed by atoms with Crippen molar-refractivity contribution >= 4 is 23.1 Å². The van der Waals surface area contributed by atoms with Crippen LogP contribution in [0.4, 0.5) is 0 Å². The Morgan fingerprint density at radius 3 is 2.74 bits per heavy atom. The summed E-state index contributed by atoms with van der Waals surface area (Å²) in [5.74, 6) is 1.91. The molecule has 1 aromatic heterocycles. The Morgan fingerprint density at radius 2 is 2.00 bits per heavy atom. The molecule has 1 aliphatic heterocycles. The highest BCUT2D eigenvalue weighted by atomic mass is 32.2. The summed E-state index contributed by atoms with van der Waals surface area (Å²) >= 11 is 3.93. The first-order valence-electron chi connectivity index (χ1n) is 6.79. The van der Waals surface area contributed by atoms with E-state index >= 15 is 0 Å². The summed E-state index contributed by atoms with van der Waals surface area (Å²) in [5, 5.41) is 3.53. The van der Waals surface area contributed by atoms with Crippen molar-refractivity contribution in [2.45, 2.75) is 37.4 Å². The lowest BCUT2D eigenvalue weighted by molar-refractivity contribution is 0.504. The number of hydrogen-bond acceptors (Lipinski definition) is 3. The van der Waals surface area contributed by atoms with Crippen molar-refractivity contribution in [2.75, 3.05) is 5.75 Å². The predicted molar refractivity (Wildman–Crippen MR) is 86.1 cm³/mol. The van der Waals surface area contributed by atoms with Crippen molar-refractivity contribution in [2.24, 2.45) is 0 Å². The van der Waals surface area contributed by atoms with Crippen molar-refractivity contribution in [1.82, 2.24) is 4.98 Å². The molecule has 0 aliphatic carbocycles. The number of rotatable bonds is 2. The number of thiazole rings is 1. The maximum absolute atomic E-state index is 4.88. The van der Waals surface area contributed by atoms with E-state index in [9.17, 15) is 0 Å². The third kappa shape index (κ3) is 3.03. The molecule has 1 aromatic carbocycles. The number of aromatic nitrogens is 1. The second-order valence-electron chi connectivity index (χ2n) is 5.73. The minimum absolute atomic E-state index is 0.404. The van der Waals surface area contributed by atoms with Crippen LogP contribution >= 0.6 is 23.1 Å². The Balaban J connectivity index is 1.82. The SMILES string of the molecule is CC1(C)C[C@@H](c2nc(-c3ccccc3)cs2)CCS1. The zero-order valence-electron chi connectivity index (χ0n) is 11.4. The van der Waals surface area contributed by atoms with Gasteiger partial charge in [-0.15, -0.1) is 11.3 Å². The van der Waals surface area contributed by atoms with Gasteiger partial charge in [0.1, 0.15) is 0 Å². The fourth-order valence-corrected chi connectivity index (χ4v) is 4.90. The molecule has 1 nitrogen and oxygen atoms in total. The van der Waals surface area contributed by atoms with E-state index < -0.39 is 0 Å². The molecule has 1 saturated heterocycles. The highest BCUT2D eigenvalue weighted by Crippen LogP contribution is 2.44. The topological polar surface area (TPSA) is 12.9 Å². The third-order valence-electron chi connectivity index (χ3n) is 3.64. The van der Waals surface area contributed by atoms with E-state index in [1.165, 1.54) is 29.2 Å². The van der Waals surface area contributed by atoms with Crippen LogP contribution in [0, 0.1) is 0 Å². The number of hydrogen-bond donors (Lipinski definition) is 0. The van der Waals surface area contributed by atoms with Crippen molar-refractivity contribution in [1.29, 1.82) is 0 Å².